The van der Waals surface area contributed by atoms with Crippen molar-refractivity contribution in [2.75, 3.05) is 7.05 Å². The second kappa shape index (κ2) is 6.78. The fourth-order valence-corrected chi connectivity index (χ4v) is 3.77. The number of rotatable bonds is 4. The highest BCUT2D eigenvalue weighted by molar-refractivity contribution is 9.10. The van der Waals surface area contributed by atoms with Gasteiger partial charge in [0.2, 0.25) is 0 Å². The Labute approximate surface area is 144 Å². The average molecular weight is 388 g/mol. The number of halogens is 2. The minimum absolute atomic E-state index is 0.0946. The van der Waals surface area contributed by atoms with E-state index in [2.05, 4.69) is 53.5 Å². The monoisotopic (exact) mass is 386 g/mol. The molecule has 0 saturated heterocycles. The van der Waals surface area contributed by atoms with Crippen LogP contribution >= 0.6 is 38.9 Å². The van der Waals surface area contributed by atoms with Crippen molar-refractivity contribution in [2.24, 2.45) is 0 Å². The Hall–Kier alpha value is -0.420. The maximum atomic E-state index is 6.34. The van der Waals surface area contributed by atoms with E-state index in [4.69, 9.17) is 16.6 Å². The molecule has 0 aliphatic heterocycles. The maximum Gasteiger partial charge on any atom is 0.0947 e. The van der Waals surface area contributed by atoms with Gasteiger partial charge in [0.1, 0.15) is 0 Å². The van der Waals surface area contributed by atoms with E-state index in [-0.39, 0.29) is 11.5 Å². The van der Waals surface area contributed by atoms with Crippen LogP contribution in [0.15, 0.2) is 28.1 Å². The second-order valence-corrected chi connectivity index (χ2v) is 8.35. The fraction of sp³-hybridized carbons (Fsp3) is 0.438. The number of hydrogen-bond acceptors (Lipinski definition) is 3. The van der Waals surface area contributed by atoms with Gasteiger partial charge in [-0.2, -0.15) is 0 Å². The number of nitrogens with one attached hydrogen (secondary N) is 1. The average Bonchev–Trinajstić information content (AvgIpc) is 2.87. The number of nitrogens with zero attached hydrogens (tertiary/aromatic N) is 1. The minimum atomic E-state index is 0.0946. The summed E-state index contributed by atoms with van der Waals surface area (Å²) in [5.41, 5.74) is 2.34. The zero-order chi connectivity index (χ0) is 15.6. The van der Waals surface area contributed by atoms with Crippen molar-refractivity contribution >= 4 is 38.9 Å². The zero-order valence-electron chi connectivity index (χ0n) is 12.7. The molecule has 1 unspecified atom stereocenters. The Morgan fingerprint density at radius 3 is 2.67 bits per heavy atom. The fourth-order valence-electron chi connectivity index (χ4n) is 2.07. The third-order valence-electron chi connectivity index (χ3n) is 3.38. The topological polar surface area (TPSA) is 24.9 Å². The van der Waals surface area contributed by atoms with E-state index >= 15 is 0 Å². The molecule has 1 aromatic carbocycles. The van der Waals surface area contributed by atoms with Gasteiger partial charge >= 0.3 is 0 Å². The molecule has 2 rings (SSSR count). The summed E-state index contributed by atoms with van der Waals surface area (Å²) in [4.78, 5) is 4.77. The van der Waals surface area contributed by atoms with Crippen molar-refractivity contribution in [1.29, 1.82) is 0 Å². The molecule has 114 valence electrons. The van der Waals surface area contributed by atoms with Crippen molar-refractivity contribution in [2.45, 2.75) is 38.6 Å². The van der Waals surface area contributed by atoms with Crippen molar-refractivity contribution in [3.05, 3.63) is 49.3 Å². The summed E-state index contributed by atoms with van der Waals surface area (Å²) in [6, 6.07) is 6.11. The van der Waals surface area contributed by atoms with Crippen molar-refractivity contribution in [3.63, 3.8) is 0 Å². The summed E-state index contributed by atoms with van der Waals surface area (Å²) >= 11 is 11.6. The highest BCUT2D eigenvalue weighted by Gasteiger charge is 2.20. The van der Waals surface area contributed by atoms with Gasteiger partial charge in [-0.15, -0.1) is 11.3 Å². The molecular formula is C16H20BrClN2S. The molecule has 1 atom stereocenters. The Morgan fingerprint density at radius 2 is 2.10 bits per heavy atom. The third-order valence-corrected chi connectivity index (χ3v) is 5.09. The van der Waals surface area contributed by atoms with Crippen LogP contribution in [0, 0.1) is 0 Å². The molecule has 1 heterocycles. The van der Waals surface area contributed by atoms with E-state index in [1.54, 1.807) is 11.3 Å². The minimum Gasteiger partial charge on any atom is -0.313 e. The number of thiazole rings is 1. The van der Waals surface area contributed by atoms with Crippen LogP contribution in [0.3, 0.4) is 0 Å². The highest BCUT2D eigenvalue weighted by atomic mass is 79.9. The van der Waals surface area contributed by atoms with E-state index in [0.29, 0.717) is 0 Å². The van der Waals surface area contributed by atoms with Gasteiger partial charge in [-0.05, 0) is 30.8 Å². The molecule has 5 heteroatoms. The Bertz CT molecular complexity index is 619. The lowest BCUT2D eigenvalue weighted by atomic mass is 9.93. The molecular weight excluding hydrogens is 368 g/mol. The van der Waals surface area contributed by atoms with Gasteiger partial charge in [0, 0.05) is 32.8 Å². The molecule has 0 bridgehead atoms. The maximum absolute atomic E-state index is 6.34. The number of aromatic nitrogens is 1. The van der Waals surface area contributed by atoms with Gasteiger partial charge in [-0.3, -0.25) is 0 Å². The number of likely N-dealkylation sites (N-methyl/N-ethyl adjacent to an activating group) is 1. The third kappa shape index (κ3) is 4.28. The van der Waals surface area contributed by atoms with Crippen LogP contribution in [-0.4, -0.2) is 12.0 Å². The molecule has 1 aromatic heterocycles. The van der Waals surface area contributed by atoms with E-state index in [1.165, 1.54) is 0 Å². The van der Waals surface area contributed by atoms with Gasteiger partial charge in [0.25, 0.3) is 0 Å². The summed E-state index contributed by atoms with van der Waals surface area (Å²) in [5, 5.41) is 7.42. The largest absolute Gasteiger partial charge is 0.313 e. The first-order chi connectivity index (χ1) is 9.81. The molecule has 0 amide bonds. The molecule has 0 radical (unpaired) electrons. The Kier molecular flexibility index (Phi) is 5.47. The Balaban J connectivity index is 2.23. The van der Waals surface area contributed by atoms with Crippen LogP contribution in [0.5, 0.6) is 0 Å². The molecule has 21 heavy (non-hydrogen) atoms. The van der Waals surface area contributed by atoms with Crippen LogP contribution in [0.25, 0.3) is 0 Å². The van der Waals surface area contributed by atoms with Crippen LogP contribution in [0.1, 0.15) is 43.1 Å². The standard InChI is InChI=1S/C16H20BrClN2S/c1-16(2,3)14-9-21-15(20-14)8-13(19-4)11-7-10(17)5-6-12(11)18/h5-7,9,13,19H,8H2,1-4H3. The van der Waals surface area contributed by atoms with Gasteiger partial charge < -0.3 is 5.32 Å². The smallest absolute Gasteiger partial charge is 0.0947 e. The van der Waals surface area contributed by atoms with Gasteiger partial charge in [-0.25, -0.2) is 4.98 Å². The van der Waals surface area contributed by atoms with Crippen LogP contribution in [-0.2, 0) is 11.8 Å². The predicted molar refractivity (Wildman–Crippen MR) is 95.5 cm³/mol. The molecule has 1 N–H and O–H groups in total. The van der Waals surface area contributed by atoms with Gasteiger partial charge in [0.05, 0.1) is 10.7 Å². The van der Waals surface area contributed by atoms with Gasteiger partial charge in [-0.1, -0.05) is 48.3 Å². The van der Waals surface area contributed by atoms with Crippen molar-refractivity contribution in [1.82, 2.24) is 10.3 Å². The first-order valence-electron chi connectivity index (χ1n) is 6.88. The van der Waals surface area contributed by atoms with E-state index in [1.807, 2.05) is 19.2 Å². The molecule has 2 aromatic rings. The number of benzene rings is 1. The van der Waals surface area contributed by atoms with Crippen molar-refractivity contribution in [3.8, 4) is 0 Å². The lowest BCUT2D eigenvalue weighted by Crippen LogP contribution is -2.19. The summed E-state index contributed by atoms with van der Waals surface area (Å²) in [7, 11) is 1.96. The van der Waals surface area contributed by atoms with Crippen LogP contribution in [0.4, 0.5) is 0 Å². The molecule has 0 aliphatic carbocycles. The lowest BCUT2D eigenvalue weighted by molar-refractivity contribution is 0.560. The quantitative estimate of drug-likeness (QED) is 0.764. The highest BCUT2D eigenvalue weighted by Crippen LogP contribution is 2.30. The summed E-state index contributed by atoms with van der Waals surface area (Å²) in [6.45, 7) is 6.56. The first-order valence-corrected chi connectivity index (χ1v) is 8.93. The first kappa shape index (κ1) is 16.9. The Morgan fingerprint density at radius 1 is 1.38 bits per heavy atom. The number of hydrogen-bond donors (Lipinski definition) is 1. The van der Waals surface area contributed by atoms with Crippen LogP contribution < -0.4 is 5.32 Å². The normalized spacial score (nSPS) is 13.4. The lowest BCUT2D eigenvalue weighted by Gasteiger charge is -2.18. The summed E-state index contributed by atoms with van der Waals surface area (Å²) in [5.74, 6) is 0. The van der Waals surface area contributed by atoms with Crippen molar-refractivity contribution < 1.29 is 0 Å². The van der Waals surface area contributed by atoms with E-state index in [0.717, 1.165) is 32.2 Å². The molecule has 2 nitrogen and oxygen atoms in total. The molecule has 0 saturated carbocycles. The molecule has 0 aliphatic rings. The van der Waals surface area contributed by atoms with E-state index in [9.17, 15) is 0 Å². The molecule has 0 fully saturated rings. The summed E-state index contributed by atoms with van der Waals surface area (Å²) < 4.78 is 1.04. The van der Waals surface area contributed by atoms with Crippen LogP contribution in [0.2, 0.25) is 5.02 Å². The predicted octanol–water partition coefficient (Wildman–Crippen LogP) is 5.36. The second-order valence-electron chi connectivity index (χ2n) is 6.09. The van der Waals surface area contributed by atoms with Gasteiger partial charge in [0.15, 0.2) is 0 Å². The van der Waals surface area contributed by atoms with E-state index < -0.39 is 0 Å². The molecule has 0 spiro atoms. The zero-order valence-corrected chi connectivity index (χ0v) is 15.9. The summed E-state index contributed by atoms with van der Waals surface area (Å²) in [6.07, 6.45) is 0.841. The SMILES string of the molecule is CNC(Cc1nc(C(C)(C)C)cs1)c1cc(Br)ccc1Cl.